The van der Waals surface area contributed by atoms with Crippen molar-refractivity contribution in [3.63, 3.8) is 0 Å². The summed E-state index contributed by atoms with van der Waals surface area (Å²) in [5, 5.41) is 0. The molecule has 0 saturated carbocycles. The summed E-state index contributed by atoms with van der Waals surface area (Å²) in [6.45, 7) is 5.12. The highest BCUT2D eigenvalue weighted by molar-refractivity contribution is 5.42. The first-order valence-corrected chi connectivity index (χ1v) is 6.97. The van der Waals surface area contributed by atoms with Crippen molar-refractivity contribution < 1.29 is 14.2 Å². The number of ether oxygens (including phenoxy) is 3. The third-order valence-electron chi connectivity index (χ3n) is 3.73. The van der Waals surface area contributed by atoms with Gasteiger partial charge < -0.3 is 19.9 Å². The van der Waals surface area contributed by atoms with Crippen LogP contribution in [0.2, 0.25) is 0 Å². The van der Waals surface area contributed by atoms with Gasteiger partial charge in [0.2, 0.25) is 0 Å². The minimum absolute atomic E-state index is 0.117. The lowest BCUT2D eigenvalue weighted by Crippen LogP contribution is -2.45. The third kappa shape index (κ3) is 3.23. The maximum absolute atomic E-state index is 6.02. The molecule has 2 N–H and O–H groups in total. The van der Waals surface area contributed by atoms with Crippen molar-refractivity contribution in [2.45, 2.75) is 19.1 Å². The van der Waals surface area contributed by atoms with Crippen LogP contribution in [0.5, 0.6) is 11.5 Å². The third-order valence-corrected chi connectivity index (χ3v) is 3.73. The van der Waals surface area contributed by atoms with Gasteiger partial charge in [-0.25, -0.2) is 0 Å². The summed E-state index contributed by atoms with van der Waals surface area (Å²) in [5.74, 6) is 1.67. The summed E-state index contributed by atoms with van der Waals surface area (Å²) < 4.78 is 16.4. The summed E-state index contributed by atoms with van der Waals surface area (Å²) >= 11 is 0. The first-order valence-electron chi connectivity index (χ1n) is 6.97. The van der Waals surface area contributed by atoms with Gasteiger partial charge in [-0.05, 0) is 25.1 Å². The number of nitrogens with zero attached hydrogens (tertiary/aromatic N) is 1. The van der Waals surface area contributed by atoms with Crippen LogP contribution in [0.3, 0.4) is 0 Å². The van der Waals surface area contributed by atoms with E-state index in [1.54, 1.807) is 14.2 Å². The van der Waals surface area contributed by atoms with Crippen molar-refractivity contribution in [3.8, 4) is 11.5 Å². The molecule has 1 fully saturated rings. The second-order valence-corrected chi connectivity index (χ2v) is 5.04. The molecule has 112 valence electrons. The van der Waals surface area contributed by atoms with Crippen LogP contribution in [0.1, 0.15) is 18.5 Å². The van der Waals surface area contributed by atoms with Gasteiger partial charge in [-0.2, -0.15) is 0 Å². The van der Waals surface area contributed by atoms with Crippen LogP contribution < -0.4 is 15.2 Å². The van der Waals surface area contributed by atoms with Crippen LogP contribution in [-0.4, -0.2) is 51.5 Å². The Labute approximate surface area is 120 Å². The molecule has 0 aromatic heterocycles. The largest absolute Gasteiger partial charge is 0.497 e. The van der Waals surface area contributed by atoms with Crippen LogP contribution >= 0.6 is 0 Å². The molecule has 0 radical (unpaired) electrons. The van der Waals surface area contributed by atoms with E-state index >= 15 is 0 Å². The number of nitrogens with two attached hydrogens (primary N) is 1. The quantitative estimate of drug-likeness (QED) is 0.884. The molecule has 2 unspecified atom stereocenters. The second kappa shape index (κ2) is 6.92. The van der Waals surface area contributed by atoms with E-state index in [0.29, 0.717) is 6.54 Å². The number of hydrogen-bond donors (Lipinski definition) is 1. The fourth-order valence-electron chi connectivity index (χ4n) is 2.70. The first-order chi connectivity index (χ1) is 9.69. The second-order valence-electron chi connectivity index (χ2n) is 5.04. The molecule has 5 nitrogen and oxygen atoms in total. The highest BCUT2D eigenvalue weighted by atomic mass is 16.5. The van der Waals surface area contributed by atoms with E-state index in [2.05, 4.69) is 11.8 Å². The van der Waals surface area contributed by atoms with Gasteiger partial charge in [-0.15, -0.1) is 0 Å². The average Bonchev–Trinajstić information content (AvgIpc) is 2.48. The minimum atomic E-state index is 0.117. The van der Waals surface area contributed by atoms with E-state index in [4.69, 9.17) is 19.9 Å². The van der Waals surface area contributed by atoms with E-state index in [9.17, 15) is 0 Å². The van der Waals surface area contributed by atoms with E-state index < -0.39 is 0 Å². The van der Waals surface area contributed by atoms with Gasteiger partial charge in [-0.1, -0.05) is 0 Å². The molecule has 0 bridgehead atoms. The summed E-state index contributed by atoms with van der Waals surface area (Å²) in [6, 6.07) is 5.96. The number of benzene rings is 1. The highest BCUT2D eigenvalue weighted by Gasteiger charge is 2.27. The predicted octanol–water partition coefficient (Wildman–Crippen LogP) is 1.42. The van der Waals surface area contributed by atoms with Crippen molar-refractivity contribution in [1.29, 1.82) is 0 Å². The lowest BCUT2D eigenvalue weighted by atomic mass is 10.0. The molecule has 2 atom stereocenters. The van der Waals surface area contributed by atoms with E-state index in [0.717, 1.165) is 36.8 Å². The predicted molar refractivity (Wildman–Crippen MR) is 78.3 cm³/mol. The Balaban J connectivity index is 2.29. The van der Waals surface area contributed by atoms with Crippen molar-refractivity contribution in [3.05, 3.63) is 23.8 Å². The standard InChI is InChI=1S/C15H24N2O3/c1-11-10-17(6-7-20-11)14(9-16)13-8-12(18-2)4-5-15(13)19-3/h4-5,8,11,14H,6-7,9-10,16H2,1-3H3. The summed E-state index contributed by atoms with van der Waals surface area (Å²) in [5.41, 5.74) is 7.09. The number of morpholine rings is 1. The van der Waals surface area contributed by atoms with Crippen LogP contribution in [0.25, 0.3) is 0 Å². The summed E-state index contributed by atoms with van der Waals surface area (Å²) in [6.07, 6.45) is 0.231. The SMILES string of the molecule is COc1ccc(OC)c(C(CN)N2CCOC(C)C2)c1. The Bertz CT molecular complexity index is 439. The van der Waals surface area contributed by atoms with Gasteiger partial charge in [0.25, 0.3) is 0 Å². The number of rotatable bonds is 5. The number of methoxy groups -OCH3 is 2. The fourth-order valence-corrected chi connectivity index (χ4v) is 2.70. The molecule has 0 aliphatic carbocycles. The Morgan fingerprint density at radius 2 is 2.20 bits per heavy atom. The molecule has 1 aliphatic heterocycles. The molecule has 1 aromatic rings. The Kier molecular flexibility index (Phi) is 5.23. The van der Waals surface area contributed by atoms with E-state index in [1.165, 1.54) is 0 Å². The fraction of sp³-hybridized carbons (Fsp3) is 0.600. The lowest BCUT2D eigenvalue weighted by molar-refractivity contribution is -0.0335. The minimum Gasteiger partial charge on any atom is -0.497 e. The Morgan fingerprint density at radius 1 is 1.40 bits per heavy atom. The molecule has 1 heterocycles. The summed E-state index contributed by atoms with van der Waals surface area (Å²) in [4.78, 5) is 2.35. The van der Waals surface area contributed by atoms with Gasteiger partial charge in [0.1, 0.15) is 11.5 Å². The van der Waals surface area contributed by atoms with Crippen LogP contribution in [0.4, 0.5) is 0 Å². The van der Waals surface area contributed by atoms with Crippen molar-refractivity contribution >= 4 is 0 Å². The monoisotopic (exact) mass is 280 g/mol. The molecule has 5 heteroatoms. The molecule has 2 rings (SSSR count). The zero-order chi connectivity index (χ0) is 14.5. The molecule has 1 aromatic carbocycles. The Hall–Kier alpha value is -1.30. The molecular formula is C15H24N2O3. The van der Waals surface area contributed by atoms with Crippen LogP contribution in [-0.2, 0) is 4.74 Å². The zero-order valence-electron chi connectivity index (χ0n) is 12.5. The topological polar surface area (TPSA) is 57.0 Å². The average molecular weight is 280 g/mol. The van der Waals surface area contributed by atoms with Crippen molar-refractivity contribution in [1.82, 2.24) is 4.90 Å². The molecule has 0 spiro atoms. The van der Waals surface area contributed by atoms with Crippen molar-refractivity contribution in [2.24, 2.45) is 5.73 Å². The molecule has 1 saturated heterocycles. The maximum atomic E-state index is 6.02. The number of hydrogen-bond acceptors (Lipinski definition) is 5. The summed E-state index contributed by atoms with van der Waals surface area (Å²) in [7, 11) is 3.35. The van der Waals surface area contributed by atoms with Crippen molar-refractivity contribution in [2.75, 3.05) is 40.5 Å². The highest BCUT2D eigenvalue weighted by Crippen LogP contribution is 2.33. The lowest BCUT2D eigenvalue weighted by Gasteiger charge is -2.37. The van der Waals surface area contributed by atoms with Crippen LogP contribution in [0, 0.1) is 0 Å². The van der Waals surface area contributed by atoms with Gasteiger partial charge in [-0.3, -0.25) is 4.90 Å². The molecular weight excluding hydrogens is 256 g/mol. The molecule has 20 heavy (non-hydrogen) atoms. The maximum Gasteiger partial charge on any atom is 0.123 e. The van der Waals surface area contributed by atoms with E-state index in [-0.39, 0.29) is 12.1 Å². The first kappa shape index (κ1) is 15.1. The smallest absolute Gasteiger partial charge is 0.123 e. The van der Waals surface area contributed by atoms with Gasteiger partial charge in [0, 0.05) is 25.2 Å². The normalized spacial score (nSPS) is 21.5. The van der Waals surface area contributed by atoms with Gasteiger partial charge >= 0.3 is 0 Å². The zero-order valence-corrected chi connectivity index (χ0v) is 12.5. The van der Waals surface area contributed by atoms with E-state index in [1.807, 2.05) is 18.2 Å². The molecule has 0 amide bonds. The van der Waals surface area contributed by atoms with Crippen LogP contribution in [0.15, 0.2) is 18.2 Å². The molecule has 1 aliphatic rings. The Morgan fingerprint density at radius 3 is 2.80 bits per heavy atom. The van der Waals surface area contributed by atoms with Gasteiger partial charge in [0.05, 0.1) is 33.0 Å². The van der Waals surface area contributed by atoms with Gasteiger partial charge in [0.15, 0.2) is 0 Å².